The quantitative estimate of drug-likeness (QED) is 0.903. The van der Waals surface area contributed by atoms with Gasteiger partial charge in [0.1, 0.15) is 5.00 Å². The van der Waals surface area contributed by atoms with E-state index < -0.39 is 0 Å². The third kappa shape index (κ3) is 2.15. The van der Waals surface area contributed by atoms with Crippen LogP contribution in [0.2, 0.25) is 0 Å². The summed E-state index contributed by atoms with van der Waals surface area (Å²) in [5, 5.41) is 6.10. The number of benzene rings is 1. The number of aromatic nitrogens is 1. The van der Waals surface area contributed by atoms with Gasteiger partial charge < -0.3 is 10.2 Å². The summed E-state index contributed by atoms with van der Waals surface area (Å²) in [4.78, 5) is 2.34. The Hall–Kier alpha value is -1.13. The van der Waals surface area contributed by atoms with Crippen molar-refractivity contribution in [3.05, 3.63) is 24.3 Å². The number of likely N-dealkylation sites (N-methyl/N-ethyl adjacent to an activating group) is 1. The van der Waals surface area contributed by atoms with Crippen LogP contribution in [-0.2, 0) is 0 Å². The summed E-state index contributed by atoms with van der Waals surface area (Å²) in [7, 11) is 2.17. The monoisotopic (exact) mass is 247 g/mol. The molecule has 1 aliphatic rings. The maximum atomic E-state index is 4.49. The average molecular weight is 247 g/mol. The van der Waals surface area contributed by atoms with Gasteiger partial charge in [-0.15, -0.1) is 0 Å². The molecule has 1 aliphatic heterocycles. The van der Waals surface area contributed by atoms with Gasteiger partial charge in [0.15, 0.2) is 0 Å². The Morgan fingerprint density at radius 1 is 1.47 bits per heavy atom. The first-order valence-electron chi connectivity index (χ1n) is 6.13. The molecule has 0 saturated carbocycles. The lowest BCUT2D eigenvalue weighted by molar-refractivity contribution is 0.602. The highest BCUT2D eigenvalue weighted by atomic mass is 32.1. The molecule has 17 heavy (non-hydrogen) atoms. The molecule has 1 fully saturated rings. The molecule has 0 aliphatic carbocycles. The zero-order valence-electron chi connectivity index (χ0n) is 10.0. The van der Waals surface area contributed by atoms with Crippen molar-refractivity contribution in [2.45, 2.75) is 18.9 Å². The molecule has 3 nitrogen and oxygen atoms in total. The zero-order valence-corrected chi connectivity index (χ0v) is 10.8. The normalized spacial score (nSPS) is 19.9. The van der Waals surface area contributed by atoms with Crippen molar-refractivity contribution in [3.63, 3.8) is 0 Å². The van der Waals surface area contributed by atoms with Crippen LogP contribution in [0.3, 0.4) is 0 Å². The maximum Gasteiger partial charge on any atom is 0.119 e. The molecule has 3 rings (SSSR count). The van der Waals surface area contributed by atoms with Crippen LogP contribution in [0.15, 0.2) is 24.3 Å². The Morgan fingerprint density at radius 2 is 2.35 bits per heavy atom. The molecular formula is C13H17N3S. The summed E-state index contributed by atoms with van der Waals surface area (Å²) in [6.45, 7) is 2.24. The number of anilines is 1. The summed E-state index contributed by atoms with van der Waals surface area (Å²) in [5.41, 5.74) is 1.11. The van der Waals surface area contributed by atoms with Crippen LogP contribution >= 0.6 is 11.5 Å². The minimum absolute atomic E-state index is 0.640. The Kier molecular flexibility index (Phi) is 2.99. The van der Waals surface area contributed by atoms with Crippen LogP contribution in [0.4, 0.5) is 5.00 Å². The second-order valence-electron chi connectivity index (χ2n) is 4.68. The van der Waals surface area contributed by atoms with Gasteiger partial charge in [-0.05, 0) is 43.1 Å². The van der Waals surface area contributed by atoms with Gasteiger partial charge in [0.25, 0.3) is 0 Å². The van der Waals surface area contributed by atoms with E-state index in [-0.39, 0.29) is 0 Å². The number of fused-ring (bicyclic) bond motifs is 1. The topological polar surface area (TPSA) is 28.2 Å². The van der Waals surface area contributed by atoms with Crippen LogP contribution < -0.4 is 10.2 Å². The Labute approximate surface area is 106 Å². The number of rotatable bonds is 3. The molecule has 2 heterocycles. The van der Waals surface area contributed by atoms with Crippen molar-refractivity contribution >= 4 is 27.4 Å². The van der Waals surface area contributed by atoms with Crippen molar-refractivity contribution in [1.29, 1.82) is 0 Å². The summed E-state index contributed by atoms with van der Waals surface area (Å²) in [6, 6.07) is 9.01. The van der Waals surface area contributed by atoms with Crippen LogP contribution in [0.1, 0.15) is 12.8 Å². The molecule has 0 spiro atoms. The van der Waals surface area contributed by atoms with E-state index in [4.69, 9.17) is 0 Å². The third-order valence-corrected chi connectivity index (χ3v) is 4.36. The molecule has 90 valence electrons. The first kappa shape index (κ1) is 11.0. The van der Waals surface area contributed by atoms with E-state index in [0.717, 1.165) is 12.1 Å². The fraction of sp³-hybridized carbons (Fsp3) is 0.462. The van der Waals surface area contributed by atoms with Gasteiger partial charge in [0, 0.05) is 25.0 Å². The number of hydrogen-bond donors (Lipinski definition) is 1. The van der Waals surface area contributed by atoms with Gasteiger partial charge >= 0.3 is 0 Å². The lowest BCUT2D eigenvalue weighted by Gasteiger charge is -2.21. The van der Waals surface area contributed by atoms with Crippen LogP contribution in [0, 0.1) is 0 Å². The molecule has 1 unspecified atom stereocenters. The molecule has 0 radical (unpaired) electrons. The lowest BCUT2D eigenvalue weighted by atomic mass is 10.2. The van der Waals surface area contributed by atoms with Gasteiger partial charge in [0.05, 0.1) is 5.52 Å². The van der Waals surface area contributed by atoms with Crippen LogP contribution in [-0.4, -0.2) is 30.6 Å². The van der Waals surface area contributed by atoms with Crippen molar-refractivity contribution < 1.29 is 0 Å². The molecule has 1 aromatic heterocycles. The SMILES string of the molecule is CN(CC1CCCN1)c1snc2ccccc12. The summed E-state index contributed by atoms with van der Waals surface area (Å²) in [5.74, 6) is 0. The Morgan fingerprint density at radius 3 is 3.18 bits per heavy atom. The van der Waals surface area contributed by atoms with Gasteiger partial charge in [-0.2, -0.15) is 4.37 Å². The third-order valence-electron chi connectivity index (χ3n) is 3.37. The van der Waals surface area contributed by atoms with E-state index in [1.165, 1.54) is 29.8 Å². The second kappa shape index (κ2) is 4.63. The molecule has 0 bridgehead atoms. The first-order chi connectivity index (χ1) is 8.34. The molecule has 1 saturated heterocycles. The second-order valence-corrected chi connectivity index (χ2v) is 5.43. The van der Waals surface area contributed by atoms with Gasteiger partial charge in [-0.25, -0.2) is 0 Å². The molecule has 0 amide bonds. The van der Waals surface area contributed by atoms with Gasteiger partial charge in [-0.1, -0.05) is 12.1 Å². The Balaban J connectivity index is 1.82. The molecule has 2 aromatic rings. The highest BCUT2D eigenvalue weighted by molar-refractivity contribution is 7.11. The number of nitrogens with one attached hydrogen (secondary N) is 1. The van der Waals surface area contributed by atoms with E-state index in [1.54, 1.807) is 11.5 Å². The van der Waals surface area contributed by atoms with E-state index in [2.05, 4.69) is 39.8 Å². The van der Waals surface area contributed by atoms with Crippen molar-refractivity contribution in [3.8, 4) is 0 Å². The van der Waals surface area contributed by atoms with E-state index in [9.17, 15) is 0 Å². The number of hydrogen-bond acceptors (Lipinski definition) is 4. The van der Waals surface area contributed by atoms with Crippen molar-refractivity contribution in [2.24, 2.45) is 0 Å². The zero-order chi connectivity index (χ0) is 11.7. The fourth-order valence-electron chi connectivity index (χ4n) is 2.48. The van der Waals surface area contributed by atoms with E-state index >= 15 is 0 Å². The van der Waals surface area contributed by atoms with Crippen LogP contribution in [0.25, 0.3) is 10.9 Å². The lowest BCUT2D eigenvalue weighted by Crippen LogP contribution is -2.34. The number of nitrogens with zero attached hydrogens (tertiary/aromatic N) is 2. The predicted octanol–water partition coefficient (Wildman–Crippen LogP) is 2.48. The fourth-order valence-corrected chi connectivity index (χ4v) is 3.31. The highest BCUT2D eigenvalue weighted by Gasteiger charge is 2.18. The molecule has 1 N–H and O–H groups in total. The molecular weight excluding hydrogens is 230 g/mol. The van der Waals surface area contributed by atoms with Crippen molar-refractivity contribution in [1.82, 2.24) is 9.69 Å². The first-order valence-corrected chi connectivity index (χ1v) is 6.91. The van der Waals surface area contributed by atoms with E-state index in [1.807, 2.05) is 6.07 Å². The molecule has 4 heteroatoms. The molecule has 1 aromatic carbocycles. The standard InChI is InChI=1S/C13H17N3S/c1-16(9-10-5-4-8-14-10)13-11-6-2-3-7-12(11)15-17-13/h2-3,6-7,10,14H,4-5,8-9H2,1H3. The maximum absolute atomic E-state index is 4.49. The predicted molar refractivity (Wildman–Crippen MR) is 73.9 cm³/mol. The average Bonchev–Trinajstić information content (AvgIpc) is 2.96. The summed E-state index contributed by atoms with van der Waals surface area (Å²) < 4.78 is 4.49. The van der Waals surface area contributed by atoms with Gasteiger partial charge in [0.2, 0.25) is 0 Å². The smallest absolute Gasteiger partial charge is 0.119 e. The van der Waals surface area contributed by atoms with E-state index in [0.29, 0.717) is 6.04 Å². The Bertz CT molecular complexity index is 502. The molecule has 1 atom stereocenters. The highest BCUT2D eigenvalue weighted by Crippen LogP contribution is 2.30. The summed E-state index contributed by atoms with van der Waals surface area (Å²) >= 11 is 1.60. The summed E-state index contributed by atoms with van der Waals surface area (Å²) in [6.07, 6.45) is 2.60. The van der Waals surface area contributed by atoms with Gasteiger partial charge in [-0.3, -0.25) is 0 Å². The van der Waals surface area contributed by atoms with Crippen molar-refractivity contribution in [2.75, 3.05) is 25.0 Å². The minimum Gasteiger partial charge on any atom is -0.363 e. The largest absolute Gasteiger partial charge is 0.363 e. The van der Waals surface area contributed by atoms with Crippen LogP contribution in [0.5, 0.6) is 0 Å². The minimum atomic E-state index is 0.640.